The van der Waals surface area contributed by atoms with Crippen LogP contribution in [-0.2, 0) is 0 Å². The van der Waals surface area contributed by atoms with Crippen LogP contribution in [0.3, 0.4) is 0 Å². The summed E-state index contributed by atoms with van der Waals surface area (Å²) in [6, 6.07) is 7.61. The Labute approximate surface area is 114 Å². The maximum atomic E-state index is 13.5. The standard InChI is InChI=1S/C15H11FN2O2/c1-10-17-6-7-18(10)14-4-2-11(16)8-13(14)15-5-3-12(9-19)20-15/h2-9H,1H3. The van der Waals surface area contributed by atoms with Gasteiger partial charge >= 0.3 is 0 Å². The first-order chi connectivity index (χ1) is 9.69. The molecule has 0 N–H and O–H groups in total. The van der Waals surface area contributed by atoms with Crippen LogP contribution >= 0.6 is 0 Å². The van der Waals surface area contributed by atoms with Crippen molar-refractivity contribution in [3.05, 3.63) is 60.1 Å². The average molecular weight is 270 g/mol. The van der Waals surface area contributed by atoms with Gasteiger partial charge in [0.1, 0.15) is 17.4 Å². The Morgan fingerprint density at radius 3 is 2.80 bits per heavy atom. The number of furan rings is 1. The lowest BCUT2D eigenvalue weighted by atomic mass is 10.1. The quantitative estimate of drug-likeness (QED) is 0.685. The number of aryl methyl sites for hydroxylation is 1. The van der Waals surface area contributed by atoms with Gasteiger partial charge in [-0.05, 0) is 37.3 Å². The van der Waals surface area contributed by atoms with Gasteiger partial charge in [-0.1, -0.05) is 0 Å². The van der Waals surface area contributed by atoms with Crippen LogP contribution in [0.4, 0.5) is 4.39 Å². The highest BCUT2D eigenvalue weighted by molar-refractivity contribution is 5.75. The van der Waals surface area contributed by atoms with Crippen molar-refractivity contribution in [2.24, 2.45) is 0 Å². The molecule has 0 unspecified atom stereocenters. The zero-order valence-electron chi connectivity index (χ0n) is 10.7. The van der Waals surface area contributed by atoms with E-state index in [0.29, 0.717) is 17.6 Å². The van der Waals surface area contributed by atoms with Crippen LogP contribution in [0.2, 0.25) is 0 Å². The number of rotatable bonds is 3. The molecule has 0 aliphatic carbocycles. The molecule has 0 bridgehead atoms. The van der Waals surface area contributed by atoms with Gasteiger partial charge < -0.3 is 8.98 Å². The first-order valence-electron chi connectivity index (χ1n) is 6.04. The predicted octanol–water partition coefficient (Wildman–Crippen LogP) is 3.39. The summed E-state index contributed by atoms with van der Waals surface area (Å²) in [6.07, 6.45) is 4.07. The van der Waals surface area contributed by atoms with Gasteiger partial charge in [0.05, 0.1) is 5.69 Å². The largest absolute Gasteiger partial charge is 0.453 e. The van der Waals surface area contributed by atoms with E-state index in [1.807, 2.05) is 11.5 Å². The van der Waals surface area contributed by atoms with E-state index in [1.165, 1.54) is 12.1 Å². The summed E-state index contributed by atoms with van der Waals surface area (Å²) in [5.74, 6) is 1.05. The molecule has 2 aromatic heterocycles. The van der Waals surface area contributed by atoms with E-state index >= 15 is 0 Å². The van der Waals surface area contributed by atoms with Crippen molar-refractivity contribution < 1.29 is 13.6 Å². The van der Waals surface area contributed by atoms with E-state index in [4.69, 9.17) is 4.42 Å². The summed E-state index contributed by atoms with van der Waals surface area (Å²) < 4.78 is 20.7. The minimum atomic E-state index is -0.370. The summed E-state index contributed by atoms with van der Waals surface area (Å²) in [5, 5.41) is 0. The second-order valence-corrected chi connectivity index (χ2v) is 4.33. The van der Waals surface area contributed by atoms with Gasteiger partial charge in [0.25, 0.3) is 0 Å². The molecule has 0 aliphatic rings. The second-order valence-electron chi connectivity index (χ2n) is 4.33. The maximum absolute atomic E-state index is 13.5. The van der Waals surface area contributed by atoms with Crippen molar-refractivity contribution in [2.45, 2.75) is 6.92 Å². The third-order valence-corrected chi connectivity index (χ3v) is 3.05. The van der Waals surface area contributed by atoms with Crippen LogP contribution in [0.25, 0.3) is 17.0 Å². The Balaban J connectivity index is 2.21. The third-order valence-electron chi connectivity index (χ3n) is 3.05. The fourth-order valence-electron chi connectivity index (χ4n) is 2.11. The van der Waals surface area contributed by atoms with Gasteiger partial charge in [0.15, 0.2) is 12.0 Å². The van der Waals surface area contributed by atoms with Gasteiger partial charge in [-0.15, -0.1) is 0 Å². The highest BCUT2D eigenvalue weighted by Gasteiger charge is 2.13. The number of aldehydes is 1. The lowest BCUT2D eigenvalue weighted by Gasteiger charge is -2.10. The number of imidazole rings is 1. The fourth-order valence-corrected chi connectivity index (χ4v) is 2.11. The zero-order valence-corrected chi connectivity index (χ0v) is 10.7. The lowest BCUT2D eigenvalue weighted by Crippen LogP contribution is -1.98. The van der Waals surface area contributed by atoms with Crippen LogP contribution < -0.4 is 0 Å². The van der Waals surface area contributed by atoms with Crippen molar-refractivity contribution in [1.82, 2.24) is 9.55 Å². The predicted molar refractivity (Wildman–Crippen MR) is 71.3 cm³/mol. The Morgan fingerprint density at radius 2 is 2.15 bits per heavy atom. The summed E-state index contributed by atoms with van der Waals surface area (Å²) in [7, 11) is 0. The molecule has 100 valence electrons. The van der Waals surface area contributed by atoms with E-state index in [1.54, 1.807) is 30.6 Å². The lowest BCUT2D eigenvalue weighted by molar-refractivity contribution is 0.110. The van der Waals surface area contributed by atoms with Crippen LogP contribution in [0.5, 0.6) is 0 Å². The van der Waals surface area contributed by atoms with E-state index in [2.05, 4.69) is 4.98 Å². The molecule has 2 heterocycles. The van der Waals surface area contributed by atoms with Crippen molar-refractivity contribution in [1.29, 1.82) is 0 Å². The third kappa shape index (κ3) is 2.03. The monoisotopic (exact) mass is 270 g/mol. The first kappa shape index (κ1) is 12.3. The molecule has 3 rings (SSSR count). The van der Waals surface area contributed by atoms with E-state index in [9.17, 15) is 9.18 Å². The van der Waals surface area contributed by atoms with Crippen LogP contribution in [0, 0.1) is 12.7 Å². The number of carbonyl (C=O) groups excluding carboxylic acids is 1. The van der Waals surface area contributed by atoms with Gasteiger partial charge in [-0.3, -0.25) is 4.79 Å². The molecule has 0 amide bonds. The molecule has 4 nitrogen and oxygen atoms in total. The summed E-state index contributed by atoms with van der Waals surface area (Å²) in [5.41, 5.74) is 1.31. The number of hydrogen-bond acceptors (Lipinski definition) is 3. The summed E-state index contributed by atoms with van der Waals surface area (Å²) in [4.78, 5) is 14.9. The smallest absolute Gasteiger partial charge is 0.185 e. The number of halogens is 1. The minimum absolute atomic E-state index is 0.206. The van der Waals surface area contributed by atoms with Crippen LogP contribution in [0.1, 0.15) is 16.4 Å². The molecule has 0 spiro atoms. The van der Waals surface area contributed by atoms with E-state index in [-0.39, 0.29) is 11.6 Å². The highest BCUT2D eigenvalue weighted by atomic mass is 19.1. The molecule has 0 radical (unpaired) electrons. The van der Waals surface area contributed by atoms with Crippen LogP contribution in [-0.4, -0.2) is 15.8 Å². The molecule has 0 atom stereocenters. The molecule has 1 aromatic carbocycles. The van der Waals surface area contributed by atoms with E-state index < -0.39 is 0 Å². The van der Waals surface area contributed by atoms with Crippen molar-refractivity contribution in [3.8, 4) is 17.0 Å². The van der Waals surface area contributed by atoms with Crippen molar-refractivity contribution in [3.63, 3.8) is 0 Å². The van der Waals surface area contributed by atoms with Crippen molar-refractivity contribution >= 4 is 6.29 Å². The summed E-state index contributed by atoms with van der Waals surface area (Å²) >= 11 is 0. The Bertz CT molecular complexity index is 774. The molecule has 0 aliphatic heterocycles. The molecule has 3 aromatic rings. The van der Waals surface area contributed by atoms with E-state index in [0.717, 1.165) is 11.5 Å². The van der Waals surface area contributed by atoms with Crippen LogP contribution in [0.15, 0.2) is 47.1 Å². The van der Waals surface area contributed by atoms with Gasteiger partial charge in [0, 0.05) is 18.0 Å². The maximum Gasteiger partial charge on any atom is 0.185 e. The van der Waals surface area contributed by atoms with Gasteiger partial charge in [0.2, 0.25) is 0 Å². The first-order valence-corrected chi connectivity index (χ1v) is 6.04. The SMILES string of the molecule is Cc1nccn1-c1ccc(F)cc1-c1ccc(C=O)o1. The number of hydrogen-bond donors (Lipinski definition) is 0. The molecule has 5 heteroatoms. The number of benzene rings is 1. The number of carbonyl (C=O) groups is 1. The topological polar surface area (TPSA) is 48.0 Å². The molecule has 0 saturated carbocycles. The number of aromatic nitrogens is 2. The van der Waals surface area contributed by atoms with Gasteiger partial charge in [-0.25, -0.2) is 9.37 Å². The molecule has 20 heavy (non-hydrogen) atoms. The normalized spacial score (nSPS) is 10.7. The van der Waals surface area contributed by atoms with Gasteiger partial charge in [-0.2, -0.15) is 0 Å². The zero-order chi connectivity index (χ0) is 14.1. The Kier molecular flexibility index (Phi) is 2.95. The second kappa shape index (κ2) is 4.77. The average Bonchev–Trinajstić information content (AvgIpc) is 3.07. The summed E-state index contributed by atoms with van der Waals surface area (Å²) in [6.45, 7) is 1.85. The highest BCUT2D eigenvalue weighted by Crippen LogP contribution is 2.29. The van der Waals surface area contributed by atoms with Crippen molar-refractivity contribution in [2.75, 3.05) is 0 Å². The minimum Gasteiger partial charge on any atom is -0.453 e. The molecule has 0 saturated heterocycles. The molecule has 0 fully saturated rings. The fraction of sp³-hybridized carbons (Fsp3) is 0.0667. The number of nitrogens with zero attached hydrogens (tertiary/aromatic N) is 2. The molecular formula is C15H11FN2O2. The Morgan fingerprint density at radius 1 is 1.30 bits per heavy atom. The molecular weight excluding hydrogens is 259 g/mol. The Hall–Kier alpha value is -2.69.